The summed E-state index contributed by atoms with van der Waals surface area (Å²) in [6.45, 7) is 2.88. The summed E-state index contributed by atoms with van der Waals surface area (Å²) in [5.74, 6) is -2.74. The summed E-state index contributed by atoms with van der Waals surface area (Å²) < 4.78 is 0. The summed E-state index contributed by atoms with van der Waals surface area (Å²) >= 11 is 1.56. The van der Waals surface area contributed by atoms with E-state index in [9.17, 15) is 24.3 Å². The first-order valence-electron chi connectivity index (χ1n) is 11.2. The van der Waals surface area contributed by atoms with Gasteiger partial charge in [0, 0.05) is 6.42 Å². The maximum Gasteiger partial charge on any atom is 0.328 e. The van der Waals surface area contributed by atoms with Crippen LogP contribution < -0.4 is 21.7 Å². The van der Waals surface area contributed by atoms with E-state index in [0.717, 1.165) is 5.56 Å². The van der Waals surface area contributed by atoms with Crippen molar-refractivity contribution in [3.05, 3.63) is 35.9 Å². The zero-order chi connectivity index (χ0) is 25.7. The Labute approximate surface area is 204 Å². The van der Waals surface area contributed by atoms with Gasteiger partial charge in [-0.3, -0.25) is 14.4 Å². The van der Waals surface area contributed by atoms with Crippen LogP contribution in [0.15, 0.2) is 30.3 Å². The van der Waals surface area contributed by atoms with E-state index < -0.39 is 54.5 Å². The standard InChI is InChI=1S/C23H36N4O6S/c1-4-14(2)19(27-20(29)16(24)10-11-34-3)22(31)25-17(12-15-8-6-5-7-9-15)21(30)26-18(13-28)23(32)33/h5-9,14,16-19,28H,4,10-13,24H2,1-3H3,(H,25,31)(H,26,30)(H,27,29)(H,32,33). The Kier molecular flexibility index (Phi) is 13.2. The third-order valence-electron chi connectivity index (χ3n) is 5.48. The van der Waals surface area contributed by atoms with Crippen molar-refractivity contribution in [2.75, 3.05) is 18.6 Å². The fourth-order valence-electron chi connectivity index (χ4n) is 3.12. The number of carbonyl (C=O) groups excluding carboxylic acids is 3. The van der Waals surface area contributed by atoms with Gasteiger partial charge in [-0.15, -0.1) is 0 Å². The van der Waals surface area contributed by atoms with Gasteiger partial charge in [0.05, 0.1) is 12.6 Å². The number of hydrogen-bond acceptors (Lipinski definition) is 7. The number of nitrogens with one attached hydrogen (secondary N) is 3. The van der Waals surface area contributed by atoms with Crippen LogP contribution >= 0.6 is 11.8 Å². The average molecular weight is 497 g/mol. The van der Waals surface area contributed by atoms with Gasteiger partial charge >= 0.3 is 5.97 Å². The minimum atomic E-state index is -1.51. The van der Waals surface area contributed by atoms with Crippen LogP contribution in [0.2, 0.25) is 0 Å². The van der Waals surface area contributed by atoms with Gasteiger partial charge in [-0.05, 0) is 29.9 Å². The van der Waals surface area contributed by atoms with Gasteiger partial charge < -0.3 is 31.9 Å². The van der Waals surface area contributed by atoms with Crippen LogP contribution in [0, 0.1) is 5.92 Å². The van der Waals surface area contributed by atoms with Crippen LogP contribution in [-0.2, 0) is 25.6 Å². The second-order valence-corrected chi connectivity index (χ2v) is 9.08. The number of benzene rings is 1. The molecular formula is C23H36N4O6S. The van der Waals surface area contributed by atoms with Crippen LogP contribution in [0.4, 0.5) is 0 Å². The molecule has 7 N–H and O–H groups in total. The Morgan fingerprint density at radius 1 is 1.00 bits per heavy atom. The normalized spacial score (nSPS) is 15.3. The number of aliphatic hydroxyl groups is 1. The highest BCUT2D eigenvalue weighted by Gasteiger charge is 2.32. The van der Waals surface area contributed by atoms with Gasteiger partial charge in [0.25, 0.3) is 0 Å². The molecule has 34 heavy (non-hydrogen) atoms. The third kappa shape index (κ3) is 9.70. The maximum atomic E-state index is 13.2. The lowest BCUT2D eigenvalue weighted by Gasteiger charge is -2.28. The molecule has 0 radical (unpaired) electrons. The lowest BCUT2D eigenvalue weighted by atomic mass is 9.96. The number of carboxylic acid groups (broad SMARTS) is 1. The second kappa shape index (κ2) is 15.3. The molecular weight excluding hydrogens is 460 g/mol. The van der Waals surface area contributed by atoms with Gasteiger partial charge in [0.15, 0.2) is 0 Å². The Bertz CT molecular complexity index is 810. The first kappa shape index (κ1) is 29.4. The summed E-state index contributed by atoms with van der Waals surface area (Å²) in [4.78, 5) is 49.9. The molecule has 0 aliphatic carbocycles. The van der Waals surface area contributed by atoms with Crippen molar-refractivity contribution in [1.82, 2.24) is 16.0 Å². The van der Waals surface area contributed by atoms with Gasteiger partial charge in [0.1, 0.15) is 18.1 Å². The number of aliphatic carboxylic acids is 1. The number of carboxylic acids is 1. The topological polar surface area (TPSA) is 171 Å². The number of thioether (sulfide) groups is 1. The van der Waals surface area contributed by atoms with E-state index >= 15 is 0 Å². The second-order valence-electron chi connectivity index (χ2n) is 8.09. The van der Waals surface area contributed by atoms with Crippen LogP contribution in [0.1, 0.15) is 32.3 Å². The molecule has 5 atom stereocenters. The van der Waals surface area contributed by atoms with E-state index in [4.69, 9.17) is 10.8 Å². The van der Waals surface area contributed by atoms with Crippen molar-refractivity contribution >= 4 is 35.5 Å². The number of amides is 3. The van der Waals surface area contributed by atoms with Crippen molar-refractivity contribution in [3.63, 3.8) is 0 Å². The fraction of sp³-hybridized carbons (Fsp3) is 0.565. The molecule has 0 saturated carbocycles. The average Bonchev–Trinajstić information content (AvgIpc) is 2.83. The Morgan fingerprint density at radius 3 is 2.15 bits per heavy atom. The fourth-order valence-corrected chi connectivity index (χ4v) is 3.61. The molecule has 0 aliphatic rings. The summed E-state index contributed by atoms with van der Waals surface area (Å²) in [7, 11) is 0. The van der Waals surface area contributed by atoms with Crippen molar-refractivity contribution in [2.45, 2.75) is 57.3 Å². The van der Waals surface area contributed by atoms with E-state index in [-0.39, 0.29) is 12.3 Å². The SMILES string of the molecule is CCC(C)C(NC(=O)C(N)CCSC)C(=O)NC(Cc1ccccc1)C(=O)NC(CO)C(=O)O. The monoisotopic (exact) mass is 496 g/mol. The first-order valence-corrected chi connectivity index (χ1v) is 12.6. The summed E-state index contributed by atoms with van der Waals surface area (Å²) in [6.07, 6.45) is 3.03. The van der Waals surface area contributed by atoms with E-state index in [1.165, 1.54) is 0 Å². The molecule has 190 valence electrons. The molecule has 0 aliphatic heterocycles. The molecule has 10 nitrogen and oxygen atoms in total. The van der Waals surface area contributed by atoms with E-state index in [0.29, 0.717) is 18.6 Å². The van der Waals surface area contributed by atoms with Gasteiger partial charge in [-0.25, -0.2) is 4.79 Å². The number of nitrogens with two attached hydrogens (primary N) is 1. The molecule has 1 rings (SSSR count). The Morgan fingerprint density at radius 2 is 1.62 bits per heavy atom. The number of aliphatic hydroxyl groups excluding tert-OH is 1. The van der Waals surface area contributed by atoms with Crippen molar-refractivity contribution < 1.29 is 29.4 Å². The number of carbonyl (C=O) groups is 4. The zero-order valence-electron chi connectivity index (χ0n) is 19.8. The first-order chi connectivity index (χ1) is 16.1. The molecule has 0 spiro atoms. The summed E-state index contributed by atoms with van der Waals surface area (Å²) in [6, 6.07) is 4.55. The lowest BCUT2D eigenvalue weighted by molar-refractivity contribution is -0.143. The molecule has 11 heteroatoms. The quantitative estimate of drug-likeness (QED) is 0.195. The number of rotatable bonds is 15. The lowest BCUT2D eigenvalue weighted by Crippen LogP contribution is -2.59. The Hall–Kier alpha value is -2.63. The highest BCUT2D eigenvalue weighted by Crippen LogP contribution is 2.11. The van der Waals surface area contributed by atoms with Crippen molar-refractivity contribution in [1.29, 1.82) is 0 Å². The van der Waals surface area contributed by atoms with Crippen LogP contribution in [0.5, 0.6) is 0 Å². The molecule has 0 bridgehead atoms. The van der Waals surface area contributed by atoms with Gasteiger partial charge in [0.2, 0.25) is 17.7 Å². The molecule has 0 heterocycles. The summed E-state index contributed by atoms with van der Waals surface area (Å²) in [5.41, 5.74) is 6.68. The van der Waals surface area contributed by atoms with E-state index in [2.05, 4.69) is 16.0 Å². The predicted octanol–water partition coefficient (Wildman–Crippen LogP) is -0.113. The van der Waals surface area contributed by atoms with Crippen molar-refractivity contribution in [3.8, 4) is 0 Å². The smallest absolute Gasteiger partial charge is 0.328 e. The molecule has 1 aromatic rings. The van der Waals surface area contributed by atoms with Crippen LogP contribution in [-0.4, -0.2) is 76.7 Å². The zero-order valence-corrected chi connectivity index (χ0v) is 20.6. The van der Waals surface area contributed by atoms with E-state index in [1.807, 2.05) is 13.2 Å². The summed E-state index contributed by atoms with van der Waals surface area (Å²) in [5, 5.41) is 26.0. The van der Waals surface area contributed by atoms with Crippen LogP contribution in [0.25, 0.3) is 0 Å². The molecule has 5 unspecified atom stereocenters. The molecule has 0 saturated heterocycles. The number of hydrogen-bond donors (Lipinski definition) is 6. The third-order valence-corrected chi connectivity index (χ3v) is 6.12. The Balaban J connectivity index is 3.07. The van der Waals surface area contributed by atoms with Gasteiger partial charge in [-0.2, -0.15) is 11.8 Å². The maximum absolute atomic E-state index is 13.2. The largest absolute Gasteiger partial charge is 0.480 e. The minimum Gasteiger partial charge on any atom is -0.480 e. The molecule has 0 fully saturated rings. The minimum absolute atomic E-state index is 0.0879. The van der Waals surface area contributed by atoms with Gasteiger partial charge in [-0.1, -0.05) is 50.6 Å². The van der Waals surface area contributed by atoms with Crippen molar-refractivity contribution in [2.24, 2.45) is 11.7 Å². The highest BCUT2D eigenvalue weighted by atomic mass is 32.2. The molecule has 0 aromatic heterocycles. The molecule has 3 amide bonds. The molecule has 1 aromatic carbocycles. The predicted molar refractivity (Wildman–Crippen MR) is 131 cm³/mol. The highest BCUT2D eigenvalue weighted by molar-refractivity contribution is 7.98. The van der Waals surface area contributed by atoms with Crippen LogP contribution in [0.3, 0.4) is 0 Å². The van der Waals surface area contributed by atoms with E-state index in [1.54, 1.807) is 49.0 Å².